The van der Waals surface area contributed by atoms with E-state index in [0.717, 1.165) is 46.3 Å². The number of nitrogens with one attached hydrogen (secondary N) is 1. The van der Waals surface area contributed by atoms with Crippen molar-refractivity contribution in [3.05, 3.63) is 49.1 Å². The molecule has 0 bridgehead atoms. The number of aromatic amines is 1. The Kier molecular flexibility index (Phi) is 3.74. The third-order valence-electron chi connectivity index (χ3n) is 5.97. The average molecular weight is 370 g/mol. The van der Waals surface area contributed by atoms with Crippen molar-refractivity contribution in [1.29, 1.82) is 5.26 Å². The molecule has 0 aliphatic carbocycles. The predicted octanol–water partition coefficient (Wildman–Crippen LogP) is 3.91. The molecule has 1 aromatic carbocycles. The molecule has 6 nitrogen and oxygen atoms in total. The van der Waals surface area contributed by atoms with Gasteiger partial charge in [-0.3, -0.25) is 4.90 Å². The molecule has 0 atom stereocenters. The van der Waals surface area contributed by atoms with Gasteiger partial charge in [0.15, 0.2) is 0 Å². The van der Waals surface area contributed by atoms with E-state index in [0.29, 0.717) is 12.5 Å². The van der Waals surface area contributed by atoms with Crippen molar-refractivity contribution in [3.8, 4) is 17.3 Å². The zero-order chi connectivity index (χ0) is 19.3. The fourth-order valence-corrected chi connectivity index (χ4v) is 4.42. The first kappa shape index (κ1) is 17.0. The molecule has 28 heavy (non-hydrogen) atoms. The van der Waals surface area contributed by atoms with Crippen LogP contribution in [0.3, 0.4) is 0 Å². The number of aromatic nitrogens is 4. The first-order chi connectivity index (χ1) is 13.6. The van der Waals surface area contributed by atoms with E-state index in [1.807, 2.05) is 12.3 Å². The molecule has 1 fully saturated rings. The Balaban J connectivity index is 1.72. The summed E-state index contributed by atoms with van der Waals surface area (Å²) in [6, 6.07) is 13.3. The molecule has 0 saturated carbocycles. The number of hydrogen-bond donors (Lipinski definition) is 1. The van der Waals surface area contributed by atoms with Crippen molar-refractivity contribution < 1.29 is 0 Å². The summed E-state index contributed by atoms with van der Waals surface area (Å²) in [7, 11) is 0. The van der Waals surface area contributed by atoms with Crippen molar-refractivity contribution in [3.63, 3.8) is 0 Å². The van der Waals surface area contributed by atoms with Gasteiger partial charge in [0.05, 0.1) is 23.7 Å². The van der Waals surface area contributed by atoms with Crippen molar-refractivity contribution in [2.24, 2.45) is 0 Å². The van der Waals surface area contributed by atoms with Crippen LogP contribution in [0.25, 0.3) is 33.2 Å². The second-order valence-electron chi connectivity index (χ2n) is 7.95. The Morgan fingerprint density at radius 2 is 2.00 bits per heavy atom. The minimum atomic E-state index is -0.193. The van der Waals surface area contributed by atoms with E-state index in [1.54, 1.807) is 6.33 Å². The summed E-state index contributed by atoms with van der Waals surface area (Å²) >= 11 is 0. The van der Waals surface area contributed by atoms with Gasteiger partial charge in [-0.25, -0.2) is 9.97 Å². The van der Waals surface area contributed by atoms with Gasteiger partial charge < -0.3 is 9.55 Å². The highest BCUT2D eigenvalue weighted by molar-refractivity contribution is 6.02. The number of nitrogens with zero attached hydrogens (tertiary/aromatic N) is 5. The van der Waals surface area contributed by atoms with E-state index in [-0.39, 0.29) is 5.54 Å². The zero-order valence-electron chi connectivity index (χ0n) is 16.1. The van der Waals surface area contributed by atoms with E-state index < -0.39 is 0 Å². The number of rotatable bonds is 4. The first-order valence-corrected chi connectivity index (χ1v) is 9.63. The molecular formula is C22H22N6. The Morgan fingerprint density at radius 1 is 1.18 bits per heavy atom. The van der Waals surface area contributed by atoms with Crippen LogP contribution in [-0.2, 0) is 5.54 Å². The third-order valence-corrected chi connectivity index (χ3v) is 5.97. The molecular weight excluding hydrogens is 348 g/mol. The monoisotopic (exact) mass is 370 g/mol. The van der Waals surface area contributed by atoms with Gasteiger partial charge >= 0.3 is 0 Å². The van der Waals surface area contributed by atoms with Crippen LogP contribution in [0.15, 0.2) is 49.1 Å². The Bertz CT molecular complexity index is 1200. The number of benzene rings is 1. The molecule has 1 aliphatic rings. The van der Waals surface area contributed by atoms with Crippen molar-refractivity contribution >= 4 is 21.9 Å². The normalized spacial score (nSPS) is 16.5. The van der Waals surface area contributed by atoms with E-state index in [4.69, 9.17) is 0 Å². The summed E-state index contributed by atoms with van der Waals surface area (Å²) in [6.45, 7) is 6.19. The Labute approximate surface area is 163 Å². The van der Waals surface area contributed by atoms with E-state index >= 15 is 0 Å². The van der Waals surface area contributed by atoms with Gasteiger partial charge in [0.2, 0.25) is 0 Å². The standard InChI is InChI=1S/C22H22N6/c1-15(2)27-12-22(13-27,8-9-23)28-11-18(16-5-3-4-6-19(16)28)20-17-7-10-24-21(17)26-14-25-20/h3-7,10-11,14-15H,8,12-13H2,1-2H3,(H,24,25,26). The average Bonchev–Trinajstić information content (AvgIpc) is 3.29. The maximum absolute atomic E-state index is 9.56. The fourth-order valence-electron chi connectivity index (χ4n) is 4.42. The molecule has 3 aromatic heterocycles. The molecule has 140 valence electrons. The number of hydrogen-bond acceptors (Lipinski definition) is 4. The second-order valence-corrected chi connectivity index (χ2v) is 7.95. The number of nitriles is 1. The molecule has 0 unspecified atom stereocenters. The quantitative estimate of drug-likeness (QED) is 0.591. The van der Waals surface area contributed by atoms with Gasteiger partial charge in [0.25, 0.3) is 0 Å². The van der Waals surface area contributed by atoms with Crippen LogP contribution in [-0.4, -0.2) is 43.6 Å². The summed E-state index contributed by atoms with van der Waals surface area (Å²) in [5, 5.41) is 11.7. The maximum Gasteiger partial charge on any atom is 0.141 e. The molecule has 4 heterocycles. The van der Waals surface area contributed by atoms with E-state index in [9.17, 15) is 5.26 Å². The lowest BCUT2D eigenvalue weighted by molar-refractivity contribution is -0.00545. The van der Waals surface area contributed by atoms with Crippen LogP contribution in [0.5, 0.6) is 0 Å². The number of likely N-dealkylation sites (tertiary alicyclic amines) is 1. The van der Waals surface area contributed by atoms with Crippen LogP contribution in [0.2, 0.25) is 0 Å². The highest BCUT2D eigenvalue weighted by Gasteiger charge is 2.46. The maximum atomic E-state index is 9.56. The predicted molar refractivity (Wildman–Crippen MR) is 110 cm³/mol. The topological polar surface area (TPSA) is 73.5 Å². The molecule has 6 heteroatoms. The smallest absolute Gasteiger partial charge is 0.141 e. The van der Waals surface area contributed by atoms with Gasteiger partial charge in [-0.1, -0.05) is 18.2 Å². The molecule has 0 amide bonds. The summed E-state index contributed by atoms with van der Waals surface area (Å²) in [4.78, 5) is 14.5. The molecule has 0 radical (unpaired) electrons. The van der Waals surface area contributed by atoms with Gasteiger partial charge in [-0.05, 0) is 26.0 Å². The summed E-state index contributed by atoms with van der Waals surface area (Å²) in [5.74, 6) is 0. The number of fused-ring (bicyclic) bond motifs is 2. The van der Waals surface area contributed by atoms with Crippen LogP contribution < -0.4 is 0 Å². The highest BCUT2D eigenvalue weighted by atomic mass is 15.3. The minimum Gasteiger partial charge on any atom is -0.346 e. The second kappa shape index (κ2) is 6.18. The minimum absolute atomic E-state index is 0.193. The van der Waals surface area contributed by atoms with E-state index in [2.05, 4.69) is 74.8 Å². The van der Waals surface area contributed by atoms with Crippen molar-refractivity contribution in [1.82, 2.24) is 24.4 Å². The molecule has 1 saturated heterocycles. The molecule has 5 rings (SSSR count). The lowest BCUT2D eigenvalue weighted by atomic mass is 9.85. The van der Waals surface area contributed by atoms with Gasteiger partial charge in [-0.15, -0.1) is 0 Å². The van der Waals surface area contributed by atoms with Gasteiger partial charge in [0, 0.05) is 53.4 Å². The molecule has 1 aliphatic heterocycles. The van der Waals surface area contributed by atoms with Gasteiger partial charge in [-0.2, -0.15) is 5.26 Å². The lowest BCUT2D eigenvalue weighted by Gasteiger charge is -2.52. The number of para-hydroxylation sites is 1. The summed E-state index contributed by atoms with van der Waals surface area (Å²) in [5.41, 5.74) is 3.80. The summed E-state index contributed by atoms with van der Waals surface area (Å²) < 4.78 is 2.32. The lowest BCUT2D eigenvalue weighted by Crippen LogP contribution is -2.64. The molecule has 4 aromatic rings. The van der Waals surface area contributed by atoms with Crippen molar-refractivity contribution in [2.75, 3.05) is 13.1 Å². The Morgan fingerprint density at radius 3 is 2.79 bits per heavy atom. The van der Waals surface area contributed by atoms with Crippen molar-refractivity contribution in [2.45, 2.75) is 31.8 Å². The molecule has 0 spiro atoms. The van der Waals surface area contributed by atoms with Crippen LogP contribution in [0.1, 0.15) is 20.3 Å². The third kappa shape index (κ3) is 2.36. The number of H-pyrrole nitrogens is 1. The first-order valence-electron chi connectivity index (χ1n) is 9.63. The van der Waals surface area contributed by atoms with Crippen LogP contribution in [0, 0.1) is 11.3 Å². The van der Waals surface area contributed by atoms with Crippen LogP contribution in [0.4, 0.5) is 0 Å². The zero-order valence-corrected chi connectivity index (χ0v) is 16.1. The molecule has 1 N–H and O–H groups in total. The largest absolute Gasteiger partial charge is 0.346 e. The summed E-state index contributed by atoms with van der Waals surface area (Å²) in [6.07, 6.45) is 6.19. The highest BCUT2D eigenvalue weighted by Crippen LogP contribution is 2.41. The fraction of sp³-hybridized carbons (Fsp3) is 0.318. The Hall–Kier alpha value is -3.17. The van der Waals surface area contributed by atoms with Gasteiger partial charge in [0.1, 0.15) is 12.0 Å². The van der Waals surface area contributed by atoms with Crippen LogP contribution >= 0.6 is 0 Å². The van der Waals surface area contributed by atoms with E-state index in [1.165, 1.54) is 0 Å². The SMILES string of the molecule is CC(C)N1CC(CC#N)(n2cc(-c3ncnc4[nH]ccc34)c3ccccc32)C1.